The summed E-state index contributed by atoms with van der Waals surface area (Å²) in [7, 11) is 3.37. The molecule has 0 aromatic heterocycles. The summed E-state index contributed by atoms with van der Waals surface area (Å²) in [6.07, 6.45) is 8.28. The molecule has 0 bridgehead atoms. The number of carbonyl (C=O) groups is 2. The molecule has 0 atom stereocenters. The molecule has 25 heavy (non-hydrogen) atoms. The number of hydrogen-bond donors (Lipinski definition) is 2. The normalized spacial score (nSPS) is 21.0. The quantitative estimate of drug-likeness (QED) is 0.824. The number of rotatable bonds is 3. The van der Waals surface area contributed by atoms with Gasteiger partial charge in [0.1, 0.15) is 6.79 Å². The molecular weight excluding hydrogens is 316 g/mol. The van der Waals surface area contributed by atoms with E-state index in [4.69, 9.17) is 4.79 Å². The Morgan fingerprint density at radius 3 is 1.96 bits per heavy atom. The first-order valence-corrected chi connectivity index (χ1v) is 9.00. The van der Waals surface area contributed by atoms with Gasteiger partial charge in [0.25, 0.3) is 0 Å². The molecule has 2 aliphatic carbocycles. The van der Waals surface area contributed by atoms with E-state index in [1.54, 1.807) is 0 Å². The fourth-order valence-electron chi connectivity index (χ4n) is 3.49. The summed E-state index contributed by atoms with van der Waals surface area (Å²) in [5, 5.41) is 6.70. The second kappa shape index (κ2) is 8.59. The van der Waals surface area contributed by atoms with Crippen LogP contribution in [0.3, 0.4) is 0 Å². The van der Waals surface area contributed by atoms with Crippen LogP contribution < -0.4 is 10.6 Å². The van der Waals surface area contributed by atoms with Gasteiger partial charge in [0.15, 0.2) is 0 Å². The van der Waals surface area contributed by atoms with Crippen LogP contribution in [0.25, 0.3) is 0 Å². The Balaban J connectivity index is 0.000000188. The van der Waals surface area contributed by atoms with Gasteiger partial charge in [-0.05, 0) is 81.8 Å². The smallest absolute Gasteiger partial charge is 0.337 e. The lowest BCUT2D eigenvalue weighted by molar-refractivity contribution is -0.0980. The molecule has 3 fully saturated rings. The highest BCUT2D eigenvalue weighted by Gasteiger charge is 2.43. The van der Waals surface area contributed by atoms with Gasteiger partial charge in [0.05, 0.1) is 12.7 Å². The largest absolute Gasteiger partial charge is 0.465 e. The van der Waals surface area contributed by atoms with Gasteiger partial charge in [0.2, 0.25) is 0 Å². The number of ether oxygens (including phenoxy) is 1. The van der Waals surface area contributed by atoms with E-state index < -0.39 is 0 Å². The molecule has 1 heterocycles. The summed E-state index contributed by atoms with van der Waals surface area (Å²) in [6, 6.07) is 7.63. The summed E-state index contributed by atoms with van der Waals surface area (Å²) >= 11 is 0. The lowest BCUT2D eigenvalue weighted by Gasteiger charge is -2.20. The first-order valence-electron chi connectivity index (χ1n) is 9.00. The summed E-state index contributed by atoms with van der Waals surface area (Å²) in [4.78, 5) is 19.2. The third kappa shape index (κ3) is 4.89. The molecule has 138 valence electrons. The first kappa shape index (κ1) is 19.6. The van der Waals surface area contributed by atoms with Gasteiger partial charge in [0, 0.05) is 5.54 Å². The molecule has 0 radical (unpaired) electrons. The summed E-state index contributed by atoms with van der Waals surface area (Å²) in [5.74, 6) is -0.282. The first-order chi connectivity index (χ1) is 12.1. The van der Waals surface area contributed by atoms with Crippen molar-refractivity contribution >= 4 is 12.8 Å². The highest BCUT2D eigenvalue weighted by atomic mass is 16.5. The fraction of sp³-hybridized carbons (Fsp3) is 0.600. The lowest BCUT2D eigenvalue weighted by Crippen LogP contribution is -2.28. The molecule has 3 aliphatic rings. The van der Waals surface area contributed by atoms with Crippen molar-refractivity contribution < 1.29 is 14.3 Å². The molecule has 1 aromatic carbocycles. The van der Waals surface area contributed by atoms with Gasteiger partial charge >= 0.3 is 5.97 Å². The van der Waals surface area contributed by atoms with Crippen LogP contribution in [-0.4, -0.2) is 40.0 Å². The molecule has 1 saturated heterocycles. The van der Waals surface area contributed by atoms with Crippen LogP contribution in [-0.2, 0) is 15.1 Å². The van der Waals surface area contributed by atoms with Crippen LogP contribution in [0, 0.1) is 5.41 Å². The monoisotopic (exact) mass is 346 g/mol. The summed E-state index contributed by atoms with van der Waals surface area (Å²) in [5.41, 5.74) is 2.88. The third-order valence-corrected chi connectivity index (χ3v) is 5.71. The third-order valence-electron chi connectivity index (χ3n) is 5.71. The number of nitrogens with one attached hydrogen (secondary N) is 2. The number of carbonyl (C=O) groups excluding carboxylic acids is 2. The minimum atomic E-state index is -0.282. The number of methoxy groups -OCH3 is 1. The molecule has 0 amide bonds. The van der Waals surface area contributed by atoms with E-state index in [9.17, 15) is 4.79 Å². The van der Waals surface area contributed by atoms with Gasteiger partial charge in [-0.1, -0.05) is 12.1 Å². The van der Waals surface area contributed by atoms with Crippen LogP contribution in [0.2, 0.25) is 0 Å². The van der Waals surface area contributed by atoms with Gasteiger partial charge in [-0.25, -0.2) is 4.79 Å². The molecule has 1 aliphatic heterocycles. The van der Waals surface area contributed by atoms with Gasteiger partial charge in [-0.2, -0.15) is 0 Å². The zero-order valence-electron chi connectivity index (χ0n) is 15.4. The number of hydrogen-bond acceptors (Lipinski definition) is 5. The number of esters is 1. The fourth-order valence-corrected chi connectivity index (χ4v) is 3.49. The van der Waals surface area contributed by atoms with Gasteiger partial charge in [-0.15, -0.1) is 0 Å². The van der Waals surface area contributed by atoms with Crippen molar-refractivity contribution in [2.45, 2.75) is 44.1 Å². The Bertz CT molecular complexity index is 555. The van der Waals surface area contributed by atoms with Gasteiger partial charge in [-0.3, -0.25) is 0 Å². The molecular formula is C20H30N2O3. The molecule has 2 saturated carbocycles. The Morgan fingerprint density at radius 1 is 1.04 bits per heavy atom. The van der Waals surface area contributed by atoms with E-state index in [1.165, 1.54) is 64.3 Å². The van der Waals surface area contributed by atoms with Crippen LogP contribution in [0.5, 0.6) is 0 Å². The van der Waals surface area contributed by atoms with Crippen molar-refractivity contribution in [2.24, 2.45) is 5.41 Å². The predicted molar refractivity (Wildman–Crippen MR) is 98.6 cm³/mol. The van der Waals surface area contributed by atoms with Crippen molar-refractivity contribution in [3.63, 3.8) is 0 Å². The second-order valence-corrected chi connectivity index (χ2v) is 7.15. The maximum absolute atomic E-state index is 11.2. The maximum Gasteiger partial charge on any atom is 0.337 e. The van der Waals surface area contributed by atoms with E-state index in [2.05, 4.69) is 15.4 Å². The minimum Gasteiger partial charge on any atom is -0.465 e. The SMILES string of the molecule is C1CC2(CCN1)CC2.C=O.CNC1(c2ccc(C(=O)OC)cc2)CC1. The molecule has 2 N–H and O–H groups in total. The van der Waals surface area contributed by atoms with Crippen molar-refractivity contribution in [1.82, 2.24) is 10.6 Å². The molecule has 1 spiro atoms. The van der Waals surface area contributed by atoms with E-state index in [0.29, 0.717) is 5.56 Å². The Kier molecular flexibility index (Phi) is 6.73. The molecule has 5 heteroatoms. The van der Waals surface area contributed by atoms with Crippen LogP contribution in [0.15, 0.2) is 24.3 Å². The highest BCUT2D eigenvalue weighted by molar-refractivity contribution is 5.89. The predicted octanol–water partition coefficient (Wildman–Crippen LogP) is 2.65. The molecule has 0 unspecified atom stereocenters. The highest BCUT2D eigenvalue weighted by Crippen LogP contribution is 2.52. The van der Waals surface area contributed by atoms with Crippen molar-refractivity contribution in [3.05, 3.63) is 35.4 Å². The average Bonchev–Trinajstić information content (AvgIpc) is 3.62. The van der Waals surface area contributed by atoms with Crippen molar-refractivity contribution in [1.29, 1.82) is 0 Å². The zero-order chi connectivity index (χ0) is 18.3. The van der Waals surface area contributed by atoms with Crippen molar-refractivity contribution in [3.8, 4) is 0 Å². The zero-order valence-corrected chi connectivity index (χ0v) is 15.4. The van der Waals surface area contributed by atoms with E-state index in [-0.39, 0.29) is 11.5 Å². The van der Waals surface area contributed by atoms with Crippen molar-refractivity contribution in [2.75, 3.05) is 27.2 Å². The molecule has 4 rings (SSSR count). The van der Waals surface area contributed by atoms with Crippen LogP contribution in [0.4, 0.5) is 0 Å². The topological polar surface area (TPSA) is 67.4 Å². The van der Waals surface area contributed by atoms with Crippen LogP contribution >= 0.6 is 0 Å². The van der Waals surface area contributed by atoms with E-state index in [1.807, 2.05) is 38.1 Å². The maximum atomic E-state index is 11.2. The minimum absolute atomic E-state index is 0.161. The van der Waals surface area contributed by atoms with E-state index in [0.717, 1.165) is 5.41 Å². The average molecular weight is 346 g/mol. The number of piperidine rings is 1. The summed E-state index contributed by atoms with van der Waals surface area (Å²) in [6.45, 7) is 4.56. The summed E-state index contributed by atoms with van der Waals surface area (Å²) < 4.78 is 4.65. The van der Waals surface area contributed by atoms with Crippen LogP contribution in [0.1, 0.15) is 54.4 Å². The Labute approximate surface area is 150 Å². The van der Waals surface area contributed by atoms with Gasteiger partial charge < -0.3 is 20.2 Å². The molecule has 5 nitrogen and oxygen atoms in total. The Hall–Kier alpha value is -1.72. The standard InChI is InChI=1S/C12H15NO2.C7H13N.CH2O/c1-13-12(7-8-12)10-5-3-9(4-6-10)11(14)15-2;1-2-7(1)3-5-8-6-4-7;1-2/h3-6,13H,7-8H2,1-2H3;8H,1-6H2;1H2. The number of benzene rings is 1. The second-order valence-electron chi connectivity index (χ2n) is 7.15. The van der Waals surface area contributed by atoms with E-state index >= 15 is 0 Å². The molecule has 1 aromatic rings. The Morgan fingerprint density at radius 2 is 1.60 bits per heavy atom. The lowest BCUT2D eigenvalue weighted by atomic mass is 9.95.